The molecule has 1 amide bonds. The molecule has 1 saturated heterocycles. The third-order valence-corrected chi connectivity index (χ3v) is 4.88. The zero-order valence-electron chi connectivity index (χ0n) is 14.8. The summed E-state index contributed by atoms with van der Waals surface area (Å²) in [5, 5.41) is 2.93. The van der Waals surface area contributed by atoms with E-state index in [2.05, 4.69) is 16.3 Å². The summed E-state index contributed by atoms with van der Waals surface area (Å²) in [5.41, 5.74) is 1.64. The van der Waals surface area contributed by atoms with Crippen molar-refractivity contribution >= 4 is 5.91 Å². The highest BCUT2D eigenvalue weighted by Crippen LogP contribution is 2.21. The number of likely N-dealkylation sites (tertiary alicyclic amines) is 1. The van der Waals surface area contributed by atoms with Crippen LogP contribution < -0.4 is 5.32 Å². The van der Waals surface area contributed by atoms with Crippen LogP contribution in [0.3, 0.4) is 0 Å². The molecule has 1 N–H and O–H groups in total. The van der Waals surface area contributed by atoms with Crippen LogP contribution in [0.2, 0.25) is 0 Å². The molecule has 0 bridgehead atoms. The fraction of sp³-hybridized carbons (Fsp3) is 0.450. The van der Waals surface area contributed by atoms with E-state index in [1.54, 1.807) is 12.1 Å². The molecule has 0 radical (unpaired) electrons. The Kier molecular flexibility index (Phi) is 5.53. The first-order valence-electron chi connectivity index (χ1n) is 8.83. The summed E-state index contributed by atoms with van der Waals surface area (Å²) in [6.45, 7) is 7.59. The second kappa shape index (κ2) is 7.83. The number of carbonyl (C=O) groups excluding carboxylic acids is 1. The second-order valence-corrected chi connectivity index (χ2v) is 6.88. The SMILES string of the molecule is Cc1cc(CN2CCC(CNC(=O)c3cccc(F)c3)CC2)c(C)o1. The van der Waals surface area contributed by atoms with Gasteiger partial charge in [0.2, 0.25) is 0 Å². The molecule has 5 heteroatoms. The van der Waals surface area contributed by atoms with E-state index in [1.807, 2.05) is 13.8 Å². The van der Waals surface area contributed by atoms with Crippen LogP contribution >= 0.6 is 0 Å². The number of nitrogens with one attached hydrogen (secondary N) is 1. The Hall–Kier alpha value is -2.14. The average molecular weight is 344 g/mol. The smallest absolute Gasteiger partial charge is 0.251 e. The highest BCUT2D eigenvalue weighted by molar-refractivity contribution is 5.94. The van der Waals surface area contributed by atoms with Crippen molar-refractivity contribution in [3.05, 3.63) is 58.8 Å². The zero-order valence-corrected chi connectivity index (χ0v) is 14.8. The van der Waals surface area contributed by atoms with Gasteiger partial charge in [0.15, 0.2) is 0 Å². The lowest BCUT2D eigenvalue weighted by Gasteiger charge is -2.31. The molecule has 1 aromatic heterocycles. The van der Waals surface area contributed by atoms with Gasteiger partial charge in [-0.2, -0.15) is 0 Å². The Labute approximate surface area is 148 Å². The van der Waals surface area contributed by atoms with Gasteiger partial charge in [0.05, 0.1) is 0 Å². The summed E-state index contributed by atoms with van der Waals surface area (Å²) in [7, 11) is 0. The zero-order chi connectivity index (χ0) is 17.8. The number of carbonyl (C=O) groups is 1. The largest absolute Gasteiger partial charge is 0.466 e. The third kappa shape index (κ3) is 4.69. The van der Waals surface area contributed by atoms with Crippen molar-refractivity contribution in [2.45, 2.75) is 33.2 Å². The molecule has 0 aliphatic carbocycles. The minimum atomic E-state index is -0.384. The molecule has 0 spiro atoms. The minimum Gasteiger partial charge on any atom is -0.466 e. The first kappa shape index (κ1) is 17.7. The lowest BCUT2D eigenvalue weighted by molar-refractivity contribution is 0.0934. The van der Waals surface area contributed by atoms with Crippen molar-refractivity contribution in [3.8, 4) is 0 Å². The van der Waals surface area contributed by atoms with Crippen molar-refractivity contribution in [3.63, 3.8) is 0 Å². The summed E-state index contributed by atoms with van der Waals surface area (Å²) < 4.78 is 18.8. The summed E-state index contributed by atoms with van der Waals surface area (Å²) >= 11 is 0. The molecular formula is C20H25FN2O2. The Balaban J connectivity index is 1.43. The number of furan rings is 1. The molecular weight excluding hydrogens is 319 g/mol. The molecule has 25 heavy (non-hydrogen) atoms. The third-order valence-electron chi connectivity index (χ3n) is 4.88. The van der Waals surface area contributed by atoms with Gasteiger partial charge in [-0.3, -0.25) is 9.69 Å². The van der Waals surface area contributed by atoms with Gasteiger partial charge >= 0.3 is 0 Å². The first-order valence-corrected chi connectivity index (χ1v) is 8.83. The summed E-state index contributed by atoms with van der Waals surface area (Å²) in [4.78, 5) is 14.5. The molecule has 1 fully saturated rings. The van der Waals surface area contributed by atoms with Crippen molar-refractivity contribution in [2.24, 2.45) is 5.92 Å². The highest BCUT2D eigenvalue weighted by Gasteiger charge is 2.21. The average Bonchev–Trinajstić information content (AvgIpc) is 2.91. The number of hydrogen-bond donors (Lipinski definition) is 1. The van der Waals surface area contributed by atoms with Crippen LogP contribution in [-0.2, 0) is 6.54 Å². The number of hydrogen-bond acceptors (Lipinski definition) is 3. The van der Waals surface area contributed by atoms with Gasteiger partial charge in [-0.1, -0.05) is 6.07 Å². The summed E-state index contributed by atoms with van der Waals surface area (Å²) in [5.74, 6) is 1.85. The number of piperidine rings is 1. The van der Waals surface area contributed by atoms with E-state index in [-0.39, 0.29) is 11.7 Å². The topological polar surface area (TPSA) is 45.5 Å². The molecule has 1 aliphatic heterocycles. The highest BCUT2D eigenvalue weighted by atomic mass is 19.1. The van der Waals surface area contributed by atoms with E-state index >= 15 is 0 Å². The van der Waals surface area contributed by atoms with E-state index in [0.717, 1.165) is 44.0 Å². The number of halogens is 1. The quantitative estimate of drug-likeness (QED) is 0.900. The Morgan fingerprint density at radius 1 is 1.28 bits per heavy atom. The summed E-state index contributed by atoms with van der Waals surface area (Å²) in [6, 6.07) is 7.92. The minimum absolute atomic E-state index is 0.202. The molecule has 2 heterocycles. The number of nitrogens with zero attached hydrogens (tertiary/aromatic N) is 1. The number of amides is 1. The van der Waals surface area contributed by atoms with Crippen molar-refractivity contribution in [1.82, 2.24) is 10.2 Å². The van der Waals surface area contributed by atoms with Crippen LogP contribution in [0.4, 0.5) is 4.39 Å². The molecule has 1 aromatic carbocycles. The van der Waals surface area contributed by atoms with E-state index in [1.165, 1.54) is 17.7 Å². The van der Waals surface area contributed by atoms with E-state index in [9.17, 15) is 9.18 Å². The molecule has 1 aliphatic rings. The van der Waals surface area contributed by atoms with Gasteiger partial charge in [0.25, 0.3) is 5.91 Å². The molecule has 0 saturated carbocycles. The van der Waals surface area contributed by atoms with E-state index in [0.29, 0.717) is 18.0 Å². The van der Waals surface area contributed by atoms with Crippen LogP contribution in [-0.4, -0.2) is 30.4 Å². The Bertz CT molecular complexity index is 733. The first-order chi connectivity index (χ1) is 12.0. The molecule has 2 aromatic rings. The van der Waals surface area contributed by atoms with Crippen molar-refractivity contribution in [2.75, 3.05) is 19.6 Å². The van der Waals surface area contributed by atoms with E-state index in [4.69, 9.17) is 4.42 Å². The maximum atomic E-state index is 13.2. The van der Waals surface area contributed by atoms with Gasteiger partial charge in [-0.25, -0.2) is 4.39 Å². The lowest BCUT2D eigenvalue weighted by atomic mass is 9.96. The molecule has 134 valence electrons. The van der Waals surface area contributed by atoms with Gasteiger partial charge in [-0.15, -0.1) is 0 Å². The van der Waals surface area contributed by atoms with Crippen LogP contribution in [0.15, 0.2) is 34.7 Å². The lowest BCUT2D eigenvalue weighted by Crippen LogP contribution is -2.38. The predicted molar refractivity (Wildman–Crippen MR) is 94.9 cm³/mol. The van der Waals surface area contributed by atoms with Crippen molar-refractivity contribution < 1.29 is 13.6 Å². The molecule has 3 rings (SSSR count). The van der Waals surface area contributed by atoms with Crippen LogP contribution in [0.5, 0.6) is 0 Å². The summed E-state index contributed by atoms with van der Waals surface area (Å²) in [6.07, 6.45) is 2.11. The maximum Gasteiger partial charge on any atom is 0.251 e. The maximum absolute atomic E-state index is 13.2. The monoisotopic (exact) mass is 344 g/mol. The normalized spacial score (nSPS) is 16.1. The standard InChI is InChI=1S/C20H25FN2O2/c1-14-10-18(15(2)25-14)13-23-8-6-16(7-9-23)12-22-20(24)17-4-3-5-19(21)11-17/h3-5,10-11,16H,6-9,12-13H2,1-2H3,(H,22,24). The van der Waals surface area contributed by atoms with Gasteiger partial charge in [0, 0.05) is 24.2 Å². The van der Waals surface area contributed by atoms with Crippen LogP contribution in [0, 0.1) is 25.6 Å². The fourth-order valence-corrected chi connectivity index (χ4v) is 3.40. The second-order valence-electron chi connectivity index (χ2n) is 6.88. The molecule has 4 nitrogen and oxygen atoms in total. The predicted octanol–water partition coefficient (Wildman–Crippen LogP) is 3.68. The Morgan fingerprint density at radius 2 is 2.04 bits per heavy atom. The van der Waals surface area contributed by atoms with Crippen molar-refractivity contribution in [1.29, 1.82) is 0 Å². The van der Waals surface area contributed by atoms with Gasteiger partial charge in [0.1, 0.15) is 17.3 Å². The number of aryl methyl sites for hydroxylation is 2. The number of benzene rings is 1. The van der Waals surface area contributed by atoms with Gasteiger partial charge < -0.3 is 9.73 Å². The van der Waals surface area contributed by atoms with Crippen LogP contribution in [0.1, 0.15) is 40.3 Å². The molecule has 0 atom stereocenters. The van der Waals surface area contributed by atoms with E-state index < -0.39 is 0 Å². The van der Waals surface area contributed by atoms with Gasteiger partial charge in [-0.05, 0) is 70.0 Å². The Morgan fingerprint density at radius 3 is 2.68 bits per heavy atom. The van der Waals surface area contributed by atoms with Crippen LogP contribution in [0.25, 0.3) is 0 Å². The molecule has 0 unspecified atom stereocenters. The number of rotatable bonds is 5. The fourth-order valence-electron chi connectivity index (χ4n) is 3.40.